The molecule has 0 aliphatic heterocycles. The van der Waals surface area contributed by atoms with Crippen LogP contribution in [0.1, 0.15) is 16.7 Å². The summed E-state index contributed by atoms with van der Waals surface area (Å²) < 4.78 is 5.31. The highest BCUT2D eigenvalue weighted by Crippen LogP contribution is 2.22. The molecule has 0 N–H and O–H groups in total. The molecule has 31 heavy (non-hydrogen) atoms. The molecular weight excluding hydrogens is 416 g/mol. The zero-order chi connectivity index (χ0) is 22.2. The van der Waals surface area contributed by atoms with Gasteiger partial charge in [0.1, 0.15) is 5.75 Å². The maximum atomic E-state index is 12.1. The zero-order valence-electron chi connectivity index (χ0n) is 16.1. The first-order valence-electron chi connectivity index (χ1n) is 9.07. The number of esters is 1. The monoisotopic (exact) mass is 430 g/mol. The van der Waals surface area contributed by atoms with Crippen LogP contribution >= 0.6 is 11.6 Å². The van der Waals surface area contributed by atoms with Crippen molar-refractivity contribution < 1.29 is 14.5 Å². The third-order valence-electron chi connectivity index (χ3n) is 4.18. The third kappa shape index (κ3) is 6.13. The Balaban J connectivity index is 1.71. The third-order valence-corrected chi connectivity index (χ3v) is 4.43. The van der Waals surface area contributed by atoms with Crippen LogP contribution in [0.3, 0.4) is 0 Å². The van der Waals surface area contributed by atoms with Gasteiger partial charge in [0.2, 0.25) is 0 Å². The van der Waals surface area contributed by atoms with Crippen molar-refractivity contribution in [1.82, 2.24) is 0 Å². The Morgan fingerprint density at radius 3 is 2.39 bits per heavy atom. The molecule has 0 radical (unpaired) electrons. The van der Waals surface area contributed by atoms with Crippen molar-refractivity contribution in [2.45, 2.75) is 0 Å². The Morgan fingerprint density at radius 2 is 1.74 bits per heavy atom. The van der Waals surface area contributed by atoms with Crippen LogP contribution in [-0.2, 0) is 4.79 Å². The summed E-state index contributed by atoms with van der Waals surface area (Å²) in [5.74, 6) is -0.279. The summed E-state index contributed by atoms with van der Waals surface area (Å²) in [7, 11) is 0. The van der Waals surface area contributed by atoms with E-state index in [1.807, 2.05) is 0 Å². The van der Waals surface area contributed by atoms with E-state index in [4.69, 9.17) is 16.3 Å². The van der Waals surface area contributed by atoms with Gasteiger partial charge in [0.25, 0.3) is 5.69 Å². The predicted molar refractivity (Wildman–Crippen MR) is 119 cm³/mol. The second-order valence-electron chi connectivity index (χ2n) is 6.35. The van der Waals surface area contributed by atoms with E-state index in [2.05, 4.69) is 6.07 Å². The second-order valence-corrected chi connectivity index (χ2v) is 6.79. The molecule has 0 fully saturated rings. The molecule has 0 amide bonds. The number of nitro groups is 1. The largest absolute Gasteiger partial charge is 0.423 e. The van der Waals surface area contributed by atoms with Gasteiger partial charge in [-0.25, -0.2) is 4.79 Å². The van der Waals surface area contributed by atoms with E-state index >= 15 is 0 Å². The van der Waals surface area contributed by atoms with Gasteiger partial charge < -0.3 is 4.74 Å². The summed E-state index contributed by atoms with van der Waals surface area (Å²) in [5.41, 5.74) is 2.45. The number of non-ortho nitro benzene ring substituents is 1. The number of carbonyl (C=O) groups excluding carboxylic acids is 1. The Labute approximate surface area is 183 Å². The van der Waals surface area contributed by atoms with Gasteiger partial charge in [-0.05, 0) is 65.2 Å². The number of benzene rings is 3. The van der Waals surface area contributed by atoms with Crippen molar-refractivity contribution in [1.29, 1.82) is 5.26 Å². The number of hydrogen-bond acceptors (Lipinski definition) is 5. The lowest BCUT2D eigenvalue weighted by atomic mass is 10.0. The minimum absolute atomic E-state index is 0.0278. The fourth-order valence-corrected chi connectivity index (χ4v) is 2.79. The Morgan fingerprint density at radius 1 is 1.03 bits per heavy atom. The number of carbonyl (C=O) groups is 1. The normalized spacial score (nSPS) is 11.2. The molecule has 0 saturated heterocycles. The van der Waals surface area contributed by atoms with Crippen LogP contribution in [0.15, 0.2) is 78.9 Å². The summed E-state index contributed by atoms with van der Waals surface area (Å²) in [6.45, 7) is 0. The van der Waals surface area contributed by atoms with Crippen LogP contribution in [0.4, 0.5) is 5.69 Å². The minimum Gasteiger partial charge on any atom is -0.423 e. The molecule has 0 aliphatic rings. The fraction of sp³-hybridized carbons (Fsp3) is 0. The first-order chi connectivity index (χ1) is 14.9. The van der Waals surface area contributed by atoms with Crippen LogP contribution in [0.5, 0.6) is 5.75 Å². The molecule has 3 aromatic carbocycles. The predicted octanol–water partition coefficient (Wildman–Crippen LogP) is 5.93. The molecule has 0 unspecified atom stereocenters. The number of nitro benzene ring substituents is 1. The van der Waals surface area contributed by atoms with E-state index in [1.165, 1.54) is 36.4 Å². The molecule has 152 valence electrons. The maximum Gasteiger partial charge on any atom is 0.336 e. The first-order valence-corrected chi connectivity index (χ1v) is 9.44. The molecule has 3 aromatic rings. The first kappa shape index (κ1) is 21.5. The smallest absolute Gasteiger partial charge is 0.336 e. The summed E-state index contributed by atoms with van der Waals surface area (Å²) in [4.78, 5) is 22.3. The van der Waals surface area contributed by atoms with Crippen molar-refractivity contribution in [2.24, 2.45) is 0 Å². The summed E-state index contributed by atoms with van der Waals surface area (Å²) in [5, 5.41) is 20.7. The number of ether oxygens (including phenoxy) is 1. The topological polar surface area (TPSA) is 93.2 Å². The molecule has 0 aliphatic carbocycles. The van der Waals surface area contributed by atoms with Crippen molar-refractivity contribution >= 4 is 41.0 Å². The Hall–Kier alpha value is -4.21. The SMILES string of the molecule is N#C/C(=C/c1cccc(OC(=O)/C=C/c2ccc([N+](=O)[O-])cc2)c1)c1ccc(Cl)cc1. The minimum atomic E-state index is -0.599. The van der Waals surface area contributed by atoms with Gasteiger partial charge >= 0.3 is 5.97 Å². The lowest BCUT2D eigenvalue weighted by Gasteiger charge is -2.04. The van der Waals surface area contributed by atoms with Crippen LogP contribution < -0.4 is 4.74 Å². The number of rotatable bonds is 6. The number of allylic oxidation sites excluding steroid dienone is 1. The summed E-state index contributed by atoms with van der Waals surface area (Å²) in [6, 6.07) is 21.6. The van der Waals surface area contributed by atoms with Crippen LogP contribution in [0.25, 0.3) is 17.7 Å². The highest BCUT2D eigenvalue weighted by Gasteiger charge is 2.05. The lowest BCUT2D eigenvalue weighted by molar-refractivity contribution is -0.384. The molecule has 0 saturated carbocycles. The van der Waals surface area contributed by atoms with E-state index < -0.39 is 10.9 Å². The van der Waals surface area contributed by atoms with E-state index in [0.717, 1.165) is 5.56 Å². The van der Waals surface area contributed by atoms with Crippen molar-refractivity contribution in [3.05, 3.63) is 111 Å². The van der Waals surface area contributed by atoms with E-state index in [0.29, 0.717) is 27.5 Å². The van der Waals surface area contributed by atoms with Crippen molar-refractivity contribution in [2.75, 3.05) is 0 Å². The number of nitriles is 1. The van der Waals surface area contributed by atoms with Crippen molar-refractivity contribution in [3.8, 4) is 11.8 Å². The van der Waals surface area contributed by atoms with Gasteiger partial charge in [0.15, 0.2) is 0 Å². The standard InChI is InChI=1S/C24H15ClN2O4/c25-21-9-7-19(8-10-21)20(16-26)14-18-2-1-3-23(15-18)31-24(28)13-6-17-4-11-22(12-5-17)27(29)30/h1-15H/b13-6+,20-14-. The van der Waals surface area contributed by atoms with Crippen LogP contribution in [0.2, 0.25) is 5.02 Å². The van der Waals surface area contributed by atoms with E-state index in [9.17, 15) is 20.2 Å². The fourth-order valence-electron chi connectivity index (χ4n) is 2.67. The molecule has 0 spiro atoms. The van der Waals surface area contributed by atoms with Crippen LogP contribution in [0, 0.1) is 21.4 Å². The molecule has 0 aromatic heterocycles. The average Bonchev–Trinajstić information content (AvgIpc) is 2.77. The average molecular weight is 431 g/mol. The maximum absolute atomic E-state index is 12.1. The van der Waals surface area contributed by atoms with Gasteiger partial charge in [0, 0.05) is 23.2 Å². The molecule has 7 heteroatoms. The molecular formula is C24H15ClN2O4. The molecule has 0 bridgehead atoms. The molecule has 0 atom stereocenters. The molecule has 6 nitrogen and oxygen atoms in total. The van der Waals surface area contributed by atoms with Gasteiger partial charge in [0.05, 0.1) is 16.6 Å². The Bertz CT molecular complexity index is 1210. The molecule has 3 rings (SSSR count). The quantitative estimate of drug-likeness (QED) is 0.0918. The summed E-state index contributed by atoms with van der Waals surface area (Å²) >= 11 is 5.89. The highest BCUT2D eigenvalue weighted by molar-refractivity contribution is 6.30. The van der Waals surface area contributed by atoms with Gasteiger partial charge in [-0.3, -0.25) is 10.1 Å². The van der Waals surface area contributed by atoms with Crippen LogP contribution in [-0.4, -0.2) is 10.9 Å². The highest BCUT2D eigenvalue weighted by atomic mass is 35.5. The zero-order valence-corrected chi connectivity index (χ0v) is 16.8. The molecule has 0 heterocycles. The van der Waals surface area contributed by atoms with Gasteiger partial charge in [-0.1, -0.05) is 35.9 Å². The van der Waals surface area contributed by atoms with Gasteiger partial charge in [-0.2, -0.15) is 5.26 Å². The summed E-state index contributed by atoms with van der Waals surface area (Å²) in [6.07, 6.45) is 4.43. The second kappa shape index (κ2) is 10.0. The van der Waals surface area contributed by atoms with E-state index in [-0.39, 0.29) is 5.69 Å². The number of nitrogens with zero attached hydrogens (tertiary/aromatic N) is 2. The van der Waals surface area contributed by atoms with E-state index in [1.54, 1.807) is 54.6 Å². The van der Waals surface area contributed by atoms with Gasteiger partial charge in [-0.15, -0.1) is 0 Å². The van der Waals surface area contributed by atoms with Crippen molar-refractivity contribution in [3.63, 3.8) is 0 Å². The number of halogens is 1. The Kier molecular flexibility index (Phi) is 6.94. The lowest BCUT2D eigenvalue weighted by Crippen LogP contribution is -2.03. The number of hydrogen-bond donors (Lipinski definition) is 0.